The zero-order chi connectivity index (χ0) is 13.3. The molecule has 2 rings (SSSR count). The first kappa shape index (κ1) is 12.3. The zero-order valence-corrected chi connectivity index (χ0v) is 9.98. The molecular weight excluding hydrogens is 237 g/mol. The number of carboxylic acid groups (broad SMARTS) is 1. The number of benzene rings is 1. The Morgan fingerprint density at radius 1 is 1.39 bits per heavy atom. The van der Waals surface area contributed by atoms with Crippen LogP contribution >= 0.6 is 0 Å². The normalized spacial score (nSPS) is 11.5. The van der Waals surface area contributed by atoms with Crippen LogP contribution in [0.5, 0.6) is 0 Å². The van der Waals surface area contributed by atoms with E-state index in [1.54, 1.807) is 24.3 Å². The highest BCUT2D eigenvalue weighted by Gasteiger charge is 2.20. The lowest BCUT2D eigenvalue weighted by molar-refractivity contribution is 0.0652. The molecule has 1 heterocycles. The highest BCUT2D eigenvalue weighted by atomic mass is 19.1. The smallest absolute Gasteiger partial charge is 0.374 e. The number of halogens is 1. The van der Waals surface area contributed by atoms with Crippen LogP contribution in [0.4, 0.5) is 4.39 Å². The van der Waals surface area contributed by atoms with Gasteiger partial charge in [0, 0.05) is 11.6 Å². The summed E-state index contributed by atoms with van der Waals surface area (Å²) in [6.45, 7) is 2.91. The van der Waals surface area contributed by atoms with Crippen molar-refractivity contribution < 1.29 is 18.8 Å². The summed E-state index contributed by atoms with van der Waals surface area (Å²) in [5.74, 6) is -1.43. The van der Waals surface area contributed by atoms with Crippen molar-refractivity contribution in [2.75, 3.05) is 0 Å². The molecule has 0 atom stereocenters. The van der Waals surface area contributed by atoms with E-state index in [9.17, 15) is 9.18 Å². The van der Waals surface area contributed by atoms with E-state index in [1.807, 2.05) is 0 Å². The maximum Gasteiger partial charge on any atom is 0.374 e. The minimum Gasteiger partial charge on any atom is -0.475 e. The van der Waals surface area contributed by atoms with Crippen molar-refractivity contribution in [2.45, 2.75) is 19.5 Å². The van der Waals surface area contributed by atoms with Gasteiger partial charge in [-0.3, -0.25) is 0 Å². The van der Waals surface area contributed by atoms with E-state index < -0.39 is 11.6 Å². The molecule has 5 heteroatoms. The standard InChI is InChI=1S/C13H12FNO3/c1-13(2,14)9-5-3-4-8(6-9)10-7-11(12(16)17)18-15-10/h3-7H,1-2H3,(H,16,17). The highest BCUT2D eigenvalue weighted by Crippen LogP contribution is 2.28. The summed E-state index contributed by atoms with van der Waals surface area (Å²) in [7, 11) is 0. The van der Waals surface area contributed by atoms with Crippen molar-refractivity contribution in [3.63, 3.8) is 0 Å². The number of hydrogen-bond donors (Lipinski definition) is 1. The van der Waals surface area contributed by atoms with Crippen molar-refractivity contribution in [1.29, 1.82) is 0 Å². The van der Waals surface area contributed by atoms with E-state index in [1.165, 1.54) is 19.9 Å². The predicted octanol–water partition coefficient (Wildman–Crippen LogP) is 3.24. The summed E-state index contributed by atoms with van der Waals surface area (Å²) < 4.78 is 18.5. The Morgan fingerprint density at radius 3 is 2.67 bits per heavy atom. The number of carboxylic acids is 1. The van der Waals surface area contributed by atoms with E-state index in [2.05, 4.69) is 9.68 Å². The van der Waals surface area contributed by atoms with Crippen molar-refractivity contribution in [3.8, 4) is 11.3 Å². The van der Waals surface area contributed by atoms with Crippen LogP contribution in [0.3, 0.4) is 0 Å². The largest absolute Gasteiger partial charge is 0.475 e. The molecule has 2 aromatic rings. The monoisotopic (exact) mass is 249 g/mol. The molecule has 0 saturated heterocycles. The number of rotatable bonds is 3. The Bertz CT molecular complexity index is 584. The van der Waals surface area contributed by atoms with Crippen LogP contribution in [0, 0.1) is 0 Å². The Kier molecular flexibility index (Phi) is 2.90. The molecule has 0 saturated carbocycles. The molecule has 4 nitrogen and oxygen atoms in total. The minimum atomic E-state index is -1.46. The number of aromatic carboxylic acids is 1. The number of carbonyl (C=O) groups is 1. The van der Waals surface area contributed by atoms with Gasteiger partial charge < -0.3 is 9.63 Å². The average Bonchev–Trinajstić information content (AvgIpc) is 2.77. The first-order chi connectivity index (χ1) is 8.38. The third-order valence-electron chi connectivity index (χ3n) is 2.57. The lowest BCUT2D eigenvalue weighted by Crippen LogP contribution is -2.08. The Hall–Kier alpha value is -2.17. The fraction of sp³-hybridized carbons (Fsp3) is 0.231. The van der Waals surface area contributed by atoms with Crippen molar-refractivity contribution in [1.82, 2.24) is 5.16 Å². The first-order valence-corrected chi connectivity index (χ1v) is 5.38. The van der Waals surface area contributed by atoms with Gasteiger partial charge in [0.2, 0.25) is 5.76 Å². The maximum atomic E-state index is 13.8. The Morgan fingerprint density at radius 2 is 2.11 bits per heavy atom. The molecule has 0 fully saturated rings. The van der Waals surface area contributed by atoms with E-state index in [-0.39, 0.29) is 5.76 Å². The summed E-state index contributed by atoms with van der Waals surface area (Å²) in [6, 6.07) is 8.03. The molecule has 18 heavy (non-hydrogen) atoms. The predicted molar refractivity (Wildman–Crippen MR) is 63.0 cm³/mol. The second kappa shape index (κ2) is 4.25. The van der Waals surface area contributed by atoms with Crippen LogP contribution in [0.2, 0.25) is 0 Å². The van der Waals surface area contributed by atoms with Gasteiger partial charge in [-0.2, -0.15) is 0 Å². The zero-order valence-electron chi connectivity index (χ0n) is 9.98. The molecule has 0 bridgehead atoms. The summed E-state index contributed by atoms with van der Waals surface area (Å²) >= 11 is 0. The molecule has 0 aliphatic carbocycles. The van der Waals surface area contributed by atoms with E-state index >= 15 is 0 Å². The fourth-order valence-electron chi connectivity index (χ4n) is 1.56. The van der Waals surface area contributed by atoms with Crippen LogP contribution in [-0.4, -0.2) is 16.2 Å². The lowest BCUT2D eigenvalue weighted by Gasteiger charge is -2.14. The van der Waals surface area contributed by atoms with E-state index in [0.29, 0.717) is 16.8 Å². The second-order valence-electron chi connectivity index (χ2n) is 4.43. The van der Waals surface area contributed by atoms with Gasteiger partial charge in [0.25, 0.3) is 0 Å². The summed E-state index contributed by atoms with van der Waals surface area (Å²) in [6.07, 6.45) is 0. The SMILES string of the molecule is CC(C)(F)c1cccc(-c2cc(C(=O)O)on2)c1. The van der Waals surface area contributed by atoms with Gasteiger partial charge in [-0.25, -0.2) is 9.18 Å². The van der Waals surface area contributed by atoms with Gasteiger partial charge in [0.05, 0.1) is 0 Å². The van der Waals surface area contributed by atoms with E-state index in [4.69, 9.17) is 5.11 Å². The van der Waals surface area contributed by atoms with E-state index in [0.717, 1.165) is 0 Å². The summed E-state index contributed by atoms with van der Waals surface area (Å²) in [4.78, 5) is 10.7. The molecule has 0 spiro atoms. The molecule has 1 aromatic carbocycles. The molecule has 0 amide bonds. The van der Waals surface area contributed by atoms with Gasteiger partial charge in [0.1, 0.15) is 11.4 Å². The highest BCUT2D eigenvalue weighted by molar-refractivity contribution is 5.85. The van der Waals surface area contributed by atoms with Crippen LogP contribution in [0.15, 0.2) is 34.9 Å². The molecule has 1 N–H and O–H groups in total. The number of hydrogen-bond acceptors (Lipinski definition) is 3. The van der Waals surface area contributed by atoms with Gasteiger partial charge in [-0.15, -0.1) is 0 Å². The number of nitrogens with zero attached hydrogens (tertiary/aromatic N) is 1. The minimum absolute atomic E-state index is 0.241. The summed E-state index contributed by atoms with van der Waals surface area (Å²) in [5, 5.41) is 12.4. The quantitative estimate of drug-likeness (QED) is 0.906. The van der Waals surface area contributed by atoms with Crippen molar-refractivity contribution >= 4 is 5.97 Å². The molecule has 94 valence electrons. The van der Waals surface area contributed by atoms with Gasteiger partial charge in [0.15, 0.2) is 0 Å². The number of alkyl halides is 1. The molecule has 0 aliphatic rings. The van der Waals surface area contributed by atoms with Gasteiger partial charge >= 0.3 is 5.97 Å². The fourth-order valence-corrected chi connectivity index (χ4v) is 1.56. The average molecular weight is 249 g/mol. The third-order valence-corrected chi connectivity index (χ3v) is 2.57. The first-order valence-electron chi connectivity index (χ1n) is 5.38. The topological polar surface area (TPSA) is 63.3 Å². The van der Waals surface area contributed by atoms with Gasteiger partial charge in [-0.1, -0.05) is 23.4 Å². The van der Waals surface area contributed by atoms with Gasteiger partial charge in [-0.05, 0) is 25.5 Å². The second-order valence-corrected chi connectivity index (χ2v) is 4.43. The Balaban J connectivity index is 2.41. The van der Waals surface area contributed by atoms with Crippen LogP contribution < -0.4 is 0 Å². The van der Waals surface area contributed by atoms with Crippen molar-refractivity contribution in [2.24, 2.45) is 0 Å². The van der Waals surface area contributed by atoms with Crippen LogP contribution in [-0.2, 0) is 5.67 Å². The summed E-state index contributed by atoms with van der Waals surface area (Å²) in [5.41, 5.74) is 0.0305. The number of aromatic nitrogens is 1. The molecule has 0 radical (unpaired) electrons. The third kappa shape index (κ3) is 2.40. The molecule has 0 aliphatic heterocycles. The maximum absolute atomic E-state index is 13.8. The van der Waals surface area contributed by atoms with Crippen LogP contribution in [0.25, 0.3) is 11.3 Å². The Labute approximate surface area is 103 Å². The lowest BCUT2D eigenvalue weighted by atomic mass is 9.97. The molecule has 1 aromatic heterocycles. The van der Waals surface area contributed by atoms with Crippen molar-refractivity contribution in [3.05, 3.63) is 41.7 Å². The molecule has 0 unspecified atom stereocenters. The van der Waals surface area contributed by atoms with Crippen LogP contribution in [0.1, 0.15) is 30.0 Å². The molecular formula is C13H12FNO3.